The molecule has 0 unspecified atom stereocenters. The number of nitrogens with one attached hydrogen (secondary N) is 1. The Kier molecular flexibility index (Phi) is 5.11. The van der Waals surface area contributed by atoms with Crippen LogP contribution in [0.25, 0.3) is 5.69 Å². The molecule has 0 fully saturated rings. The van der Waals surface area contributed by atoms with Crippen LogP contribution >= 0.6 is 15.9 Å². The number of rotatable bonds is 5. The standard InChI is InChI=1S/C19H18BrN3O/c1-14(15-5-3-2-4-6-15)13-22-18-19(24)23(12-11-21-18)17-9-7-16(20)8-10-17/h2-12,14H,13H2,1H3,(H,21,22)/t14-/m1/s1. The monoisotopic (exact) mass is 383 g/mol. The van der Waals surface area contributed by atoms with Crippen LogP contribution in [-0.4, -0.2) is 16.1 Å². The first-order valence-electron chi connectivity index (χ1n) is 7.77. The van der Waals surface area contributed by atoms with Gasteiger partial charge in [-0.15, -0.1) is 0 Å². The number of aromatic nitrogens is 2. The van der Waals surface area contributed by atoms with Gasteiger partial charge in [0.05, 0.1) is 0 Å². The van der Waals surface area contributed by atoms with Crippen molar-refractivity contribution in [2.24, 2.45) is 0 Å². The van der Waals surface area contributed by atoms with Gasteiger partial charge >= 0.3 is 0 Å². The molecule has 1 aromatic heterocycles. The molecule has 1 heterocycles. The maximum atomic E-state index is 12.6. The molecule has 0 saturated carbocycles. The molecule has 4 nitrogen and oxygen atoms in total. The van der Waals surface area contributed by atoms with Crippen LogP contribution < -0.4 is 10.9 Å². The number of halogens is 1. The molecule has 0 radical (unpaired) electrons. The predicted octanol–water partition coefficient (Wildman–Crippen LogP) is 4.21. The van der Waals surface area contributed by atoms with Crippen molar-refractivity contribution in [1.29, 1.82) is 0 Å². The number of nitrogens with zero attached hydrogens (tertiary/aromatic N) is 2. The van der Waals surface area contributed by atoms with Crippen molar-refractivity contribution < 1.29 is 0 Å². The van der Waals surface area contributed by atoms with Gasteiger partial charge in [-0.05, 0) is 35.7 Å². The molecule has 122 valence electrons. The van der Waals surface area contributed by atoms with Gasteiger partial charge in [0.2, 0.25) is 0 Å². The van der Waals surface area contributed by atoms with E-state index in [1.54, 1.807) is 17.0 Å². The average Bonchev–Trinajstić information content (AvgIpc) is 2.62. The van der Waals surface area contributed by atoms with Gasteiger partial charge in [-0.3, -0.25) is 9.36 Å². The highest BCUT2D eigenvalue weighted by Gasteiger charge is 2.09. The van der Waals surface area contributed by atoms with Crippen LogP contribution in [0, 0.1) is 0 Å². The van der Waals surface area contributed by atoms with Gasteiger partial charge in [0, 0.05) is 29.1 Å². The molecule has 1 atom stereocenters. The molecule has 0 spiro atoms. The predicted molar refractivity (Wildman–Crippen MR) is 101 cm³/mol. The second-order valence-electron chi connectivity index (χ2n) is 5.62. The fraction of sp³-hybridized carbons (Fsp3) is 0.158. The first-order valence-corrected chi connectivity index (χ1v) is 8.57. The fourth-order valence-electron chi connectivity index (χ4n) is 2.49. The van der Waals surface area contributed by atoms with Crippen LogP contribution in [0.3, 0.4) is 0 Å². The third-order valence-corrected chi connectivity index (χ3v) is 4.42. The minimum atomic E-state index is -0.153. The summed E-state index contributed by atoms with van der Waals surface area (Å²) in [5.74, 6) is 0.650. The summed E-state index contributed by atoms with van der Waals surface area (Å²) in [7, 11) is 0. The highest BCUT2D eigenvalue weighted by atomic mass is 79.9. The summed E-state index contributed by atoms with van der Waals surface area (Å²) in [5.41, 5.74) is 1.89. The summed E-state index contributed by atoms with van der Waals surface area (Å²) < 4.78 is 2.57. The Morgan fingerprint density at radius 2 is 1.83 bits per heavy atom. The third-order valence-electron chi connectivity index (χ3n) is 3.89. The van der Waals surface area contributed by atoms with Crippen molar-refractivity contribution in [3.8, 4) is 5.69 Å². The quantitative estimate of drug-likeness (QED) is 0.717. The molecule has 24 heavy (non-hydrogen) atoms. The van der Waals surface area contributed by atoms with Crippen LogP contribution in [0.5, 0.6) is 0 Å². The summed E-state index contributed by atoms with van der Waals surface area (Å²) in [5, 5.41) is 3.18. The van der Waals surface area contributed by atoms with E-state index in [1.807, 2.05) is 42.5 Å². The molecule has 2 aromatic carbocycles. The SMILES string of the molecule is C[C@H](CNc1nccn(-c2ccc(Br)cc2)c1=O)c1ccccc1. The topological polar surface area (TPSA) is 46.9 Å². The van der Waals surface area contributed by atoms with Crippen LogP contribution in [-0.2, 0) is 0 Å². The lowest BCUT2D eigenvalue weighted by Crippen LogP contribution is -2.24. The van der Waals surface area contributed by atoms with Crippen LogP contribution in [0.1, 0.15) is 18.4 Å². The maximum absolute atomic E-state index is 12.6. The van der Waals surface area contributed by atoms with E-state index in [0.29, 0.717) is 12.4 Å². The number of hydrogen-bond acceptors (Lipinski definition) is 3. The Morgan fingerprint density at radius 3 is 2.54 bits per heavy atom. The van der Waals surface area contributed by atoms with Crippen molar-refractivity contribution in [3.63, 3.8) is 0 Å². The normalized spacial score (nSPS) is 11.9. The Morgan fingerprint density at radius 1 is 1.12 bits per heavy atom. The molecule has 0 bridgehead atoms. The molecule has 0 aliphatic heterocycles. The number of hydrogen-bond donors (Lipinski definition) is 1. The first-order chi connectivity index (χ1) is 11.6. The number of anilines is 1. The average molecular weight is 384 g/mol. The molecule has 0 aliphatic carbocycles. The van der Waals surface area contributed by atoms with E-state index in [0.717, 1.165) is 10.2 Å². The van der Waals surface area contributed by atoms with Crippen LogP contribution in [0.4, 0.5) is 5.82 Å². The van der Waals surface area contributed by atoms with E-state index >= 15 is 0 Å². The van der Waals surface area contributed by atoms with Crippen LogP contribution in [0.15, 0.2) is 76.3 Å². The van der Waals surface area contributed by atoms with Crippen LogP contribution in [0.2, 0.25) is 0 Å². The van der Waals surface area contributed by atoms with Gasteiger partial charge in [-0.2, -0.15) is 0 Å². The van der Waals surface area contributed by atoms with Crippen molar-refractivity contribution in [3.05, 3.63) is 87.4 Å². The van der Waals surface area contributed by atoms with Gasteiger partial charge in [-0.25, -0.2) is 4.98 Å². The van der Waals surface area contributed by atoms with E-state index < -0.39 is 0 Å². The fourth-order valence-corrected chi connectivity index (χ4v) is 2.75. The second-order valence-corrected chi connectivity index (χ2v) is 6.54. The summed E-state index contributed by atoms with van der Waals surface area (Å²) in [4.78, 5) is 16.8. The largest absolute Gasteiger partial charge is 0.365 e. The summed E-state index contributed by atoms with van der Waals surface area (Å²) in [6, 6.07) is 17.8. The Hall–Kier alpha value is -2.40. The molecular formula is C19H18BrN3O. The van der Waals surface area contributed by atoms with Crippen molar-refractivity contribution in [2.75, 3.05) is 11.9 Å². The van der Waals surface area contributed by atoms with Crippen molar-refractivity contribution >= 4 is 21.7 Å². The lowest BCUT2D eigenvalue weighted by Gasteiger charge is -2.14. The molecular weight excluding hydrogens is 366 g/mol. The van der Waals surface area contributed by atoms with E-state index in [2.05, 4.69) is 45.3 Å². The van der Waals surface area contributed by atoms with E-state index in [9.17, 15) is 4.79 Å². The zero-order chi connectivity index (χ0) is 16.9. The van der Waals surface area contributed by atoms with E-state index in [4.69, 9.17) is 0 Å². The Bertz CT molecular complexity index is 860. The van der Waals surface area contributed by atoms with Gasteiger partial charge in [0.15, 0.2) is 5.82 Å². The lowest BCUT2D eigenvalue weighted by atomic mass is 10.0. The summed E-state index contributed by atoms with van der Waals surface area (Å²) in [6.45, 7) is 2.77. The van der Waals surface area contributed by atoms with E-state index in [-0.39, 0.29) is 11.5 Å². The molecule has 3 aromatic rings. The highest BCUT2D eigenvalue weighted by molar-refractivity contribution is 9.10. The lowest BCUT2D eigenvalue weighted by molar-refractivity contribution is 0.796. The zero-order valence-corrected chi connectivity index (χ0v) is 14.9. The molecule has 3 rings (SSSR count). The smallest absolute Gasteiger partial charge is 0.297 e. The molecule has 1 N–H and O–H groups in total. The number of benzene rings is 2. The van der Waals surface area contributed by atoms with Gasteiger partial charge in [-0.1, -0.05) is 53.2 Å². The maximum Gasteiger partial charge on any atom is 0.297 e. The highest BCUT2D eigenvalue weighted by Crippen LogP contribution is 2.15. The minimum Gasteiger partial charge on any atom is -0.365 e. The van der Waals surface area contributed by atoms with Gasteiger partial charge in [0.25, 0.3) is 5.56 Å². The van der Waals surface area contributed by atoms with Gasteiger partial charge < -0.3 is 5.32 Å². The third kappa shape index (κ3) is 3.74. The summed E-state index contributed by atoms with van der Waals surface area (Å²) in [6.07, 6.45) is 3.32. The van der Waals surface area contributed by atoms with Gasteiger partial charge in [0.1, 0.15) is 0 Å². The molecule has 0 aliphatic rings. The van der Waals surface area contributed by atoms with Crippen molar-refractivity contribution in [1.82, 2.24) is 9.55 Å². The summed E-state index contributed by atoms with van der Waals surface area (Å²) >= 11 is 3.40. The zero-order valence-electron chi connectivity index (χ0n) is 13.3. The van der Waals surface area contributed by atoms with E-state index in [1.165, 1.54) is 5.56 Å². The Balaban J connectivity index is 1.79. The molecule has 5 heteroatoms. The van der Waals surface area contributed by atoms with Crippen molar-refractivity contribution in [2.45, 2.75) is 12.8 Å². The minimum absolute atomic E-state index is 0.153. The first kappa shape index (κ1) is 16.5. The molecule has 0 amide bonds. The second kappa shape index (κ2) is 7.45. The molecule has 0 saturated heterocycles. The Labute approximate surface area is 149 Å².